The van der Waals surface area contributed by atoms with Crippen LogP contribution in [0, 0.1) is 5.82 Å². The summed E-state index contributed by atoms with van der Waals surface area (Å²) in [6.07, 6.45) is 5.33. The predicted molar refractivity (Wildman–Crippen MR) is 78.6 cm³/mol. The summed E-state index contributed by atoms with van der Waals surface area (Å²) >= 11 is 0. The summed E-state index contributed by atoms with van der Waals surface area (Å²) in [5, 5.41) is 0. The molecular weight excluding hydrogens is 255 g/mol. The van der Waals surface area contributed by atoms with Crippen molar-refractivity contribution in [3.63, 3.8) is 0 Å². The van der Waals surface area contributed by atoms with Crippen LogP contribution in [0.25, 0.3) is 0 Å². The zero-order valence-corrected chi connectivity index (χ0v) is 12.3. The van der Waals surface area contributed by atoms with Crippen molar-refractivity contribution >= 4 is 5.97 Å². The second-order valence-corrected chi connectivity index (χ2v) is 5.01. The number of benzene rings is 1. The summed E-state index contributed by atoms with van der Waals surface area (Å²) in [5.74, 6) is -0.785. The molecule has 0 amide bonds. The van der Waals surface area contributed by atoms with E-state index in [9.17, 15) is 9.18 Å². The fourth-order valence-electron chi connectivity index (χ4n) is 1.67. The first-order chi connectivity index (χ1) is 9.49. The van der Waals surface area contributed by atoms with Gasteiger partial charge in [-0.25, -0.2) is 9.18 Å². The molecule has 1 rings (SSSR count). The SMILES string of the molecule is CC(C)=CCC/C(C)=C/C(=O)OCc1ccccc1F. The number of ether oxygens (including phenoxy) is 1. The number of carbonyl (C=O) groups excluding carboxylic acids is 1. The maximum absolute atomic E-state index is 13.3. The highest BCUT2D eigenvalue weighted by Crippen LogP contribution is 2.10. The average Bonchev–Trinajstić information content (AvgIpc) is 2.37. The highest BCUT2D eigenvalue weighted by atomic mass is 19.1. The third kappa shape index (κ3) is 6.32. The molecule has 0 saturated carbocycles. The molecule has 0 aromatic heterocycles. The van der Waals surface area contributed by atoms with Crippen molar-refractivity contribution in [2.75, 3.05) is 0 Å². The fraction of sp³-hybridized carbons (Fsp3) is 0.353. The number of rotatable bonds is 6. The number of carbonyl (C=O) groups is 1. The third-order valence-corrected chi connectivity index (χ3v) is 2.78. The molecule has 0 N–H and O–H groups in total. The van der Waals surface area contributed by atoms with E-state index in [-0.39, 0.29) is 12.4 Å². The van der Waals surface area contributed by atoms with E-state index < -0.39 is 5.97 Å². The van der Waals surface area contributed by atoms with Gasteiger partial charge in [-0.05, 0) is 39.7 Å². The largest absolute Gasteiger partial charge is 0.458 e. The average molecular weight is 276 g/mol. The van der Waals surface area contributed by atoms with Gasteiger partial charge in [-0.2, -0.15) is 0 Å². The molecule has 3 heteroatoms. The molecule has 20 heavy (non-hydrogen) atoms. The highest BCUT2D eigenvalue weighted by Gasteiger charge is 2.04. The number of hydrogen-bond acceptors (Lipinski definition) is 2. The molecule has 1 aromatic carbocycles. The Bertz CT molecular complexity index is 511. The number of hydrogen-bond donors (Lipinski definition) is 0. The van der Waals surface area contributed by atoms with Gasteiger partial charge in [-0.3, -0.25) is 0 Å². The Hall–Kier alpha value is -1.90. The Morgan fingerprint density at radius 2 is 1.95 bits per heavy atom. The van der Waals surface area contributed by atoms with Crippen molar-refractivity contribution < 1.29 is 13.9 Å². The van der Waals surface area contributed by atoms with Crippen molar-refractivity contribution in [1.82, 2.24) is 0 Å². The van der Waals surface area contributed by atoms with Gasteiger partial charge in [0, 0.05) is 11.6 Å². The van der Waals surface area contributed by atoms with Crippen LogP contribution in [-0.2, 0) is 16.1 Å². The molecule has 108 valence electrons. The van der Waals surface area contributed by atoms with Crippen molar-refractivity contribution in [3.8, 4) is 0 Å². The van der Waals surface area contributed by atoms with Gasteiger partial charge in [0.15, 0.2) is 0 Å². The molecule has 1 aromatic rings. The fourth-order valence-corrected chi connectivity index (χ4v) is 1.67. The van der Waals surface area contributed by atoms with Crippen molar-refractivity contribution in [2.24, 2.45) is 0 Å². The zero-order chi connectivity index (χ0) is 15.0. The zero-order valence-electron chi connectivity index (χ0n) is 12.3. The van der Waals surface area contributed by atoms with E-state index in [1.54, 1.807) is 18.2 Å². The molecule has 0 atom stereocenters. The van der Waals surface area contributed by atoms with Crippen LogP contribution >= 0.6 is 0 Å². The van der Waals surface area contributed by atoms with E-state index in [0.717, 1.165) is 18.4 Å². The second kappa shape index (κ2) is 8.31. The lowest BCUT2D eigenvalue weighted by molar-refractivity contribution is -0.139. The van der Waals surface area contributed by atoms with Gasteiger partial charge in [0.2, 0.25) is 0 Å². The topological polar surface area (TPSA) is 26.3 Å². The minimum atomic E-state index is -0.428. The van der Waals surface area contributed by atoms with Crippen LogP contribution in [0.5, 0.6) is 0 Å². The molecule has 0 fully saturated rings. The van der Waals surface area contributed by atoms with Gasteiger partial charge < -0.3 is 4.74 Å². The standard InChI is InChI=1S/C17H21FO2/c1-13(2)7-6-8-14(3)11-17(19)20-12-15-9-4-5-10-16(15)18/h4-5,7,9-11H,6,8,12H2,1-3H3/b14-11+. The summed E-state index contributed by atoms with van der Waals surface area (Å²) in [5.41, 5.74) is 2.61. The van der Waals surface area contributed by atoms with Crippen LogP contribution in [0.15, 0.2) is 47.6 Å². The van der Waals surface area contributed by atoms with Crippen LogP contribution in [-0.4, -0.2) is 5.97 Å². The van der Waals surface area contributed by atoms with E-state index in [1.165, 1.54) is 17.7 Å². The quantitative estimate of drug-likeness (QED) is 0.432. The Morgan fingerprint density at radius 1 is 1.25 bits per heavy atom. The highest BCUT2D eigenvalue weighted by molar-refractivity contribution is 5.82. The van der Waals surface area contributed by atoms with Crippen LogP contribution in [0.4, 0.5) is 4.39 Å². The molecular formula is C17H21FO2. The van der Waals surface area contributed by atoms with Gasteiger partial charge in [0.05, 0.1) is 0 Å². The Morgan fingerprint density at radius 3 is 2.60 bits per heavy atom. The summed E-state index contributed by atoms with van der Waals surface area (Å²) in [4.78, 5) is 11.6. The molecule has 0 spiro atoms. The lowest BCUT2D eigenvalue weighted by Crippen LogP contribution is -2.03. The van der Waals surface area contributed by atoms with Crippen LogP contribution in [0.2, 0.25) is 0 Å². The molecule has 0 radical (unpaired) electrons. The van der Waals surface area contributed by atoms with E-state index in [0.29, 0.717) is 5.56 Å². The van der Waals surface area contributed by atoms with Crippen molar-refractivity contribution in [2.45, 2.75) is 40.2 Å². The van der Waals surface area contributed by atoms with Gasteiger partial charge in [0.1, 0.15) is 12.4 Å². The Labute approximate surface area is 120 Å². The number of esters is 1. The lowest BCUT2D eigenvalue weighted by atomic mass is 10.1. The van der Waals surface area contributed by atoms with E-state index in [4.69, 9.17) is 4.74 Å². The predicted octanol–water partition coefficient (Wildman–Crippen LogP) is 4.56. The maximum atomic E-state index is 13.3. The van der Waals surface area contributed by atoms with E-state index in [1.807, 2.05) is 20.8 Å². The molecule has 2 nitrogen and oxygen atoms in total. The molecule has 0 heterocycles. The number of allylic oxidation sites excluding steroid dienone is 3. The molecule has 0 unspecified atom stereocenters. The minimum absolute atomic E-state index is 0.0384. The first kappa shape index (κ1) is 16.2. The summed E-state index contributed by atoms with van der Waals surface area (Å²) < 4.78 is 18.4. The van der Waals surface area contributed by atoms with Crippen molar-refractivity contribution in [3.05, 3.63) is 58.9 Å². The van der Waals surface area contributed by atoms with Crippen molar-refractivity contribution in [1.29, 1.82) is 0 Å². The first-order valence-corrected chi connectivity index (χ1v) is 6.69. The summed E-state index contributed by atoms with van der Waals surface area (Å²) in [7, 11) is 0. The third-order valence-electron chi connectivity index (χ3n) is 2.78. The minimum Gasteiger partial charge on any atom is -0.458 e. The molecule has 0 bridgehead atoms. The van der Waals surface area contributed by atoms with E-state index in [2.05, 4.69) is 6.08 Å². The van der Waals surface area contributed by atoms with Gasteiger partial charge in [-0.15, -0.1) is 0 Å². The molecule has 0 aliphatic heterocycles. The molecule has 0 saturated heterocycles. The van der Waals surface area contributed by atoms with Crippen LogP contribution in [0.3, 0.4) is 0 Å². The maximum Gasteiger partial charge on any atom is 0.331 e. The molecule has 0 aliphatic carbocycles. The smallest absolute Gasteiger partial charge is 0.331 e. The van der Waals surface area contributed by atoms with E-state index >= 15 is 0 Å². The van der Waals surface area contributed by atoms with Crippen LogP contribution in [0.1, 0.15) is 39.2 Å². The first-order valence-electron chi connectivity index (χ1n) is 6.69. The Kier molecular flexibility index (Phi) is 6.71. The molecule has 0 aliphatic rings. The number of halogens is 1. The van der Waals surface area contributed by atoms with Gasteiger partial charge >= 0.3 is 5.97 Å². The summed E-state index contributed by atoms with van der Waals surface area (Å²) in [6, 6.07) is 6.28. The van der Waals surface area contributed by atoms with Crippen LogP contribution < -0.4 is 0 Å². The normalized spacial score (nSPS) is 11.1. The monoisotopic (exact) mass is 276 g/mol. The summed E-state index contributed by atoms with van der Waals surface area (Å²) in [6.45, 7) is 5.94. The lowest BCUT2D eigenvalue weighted by Gasteiger charge is -2.04. The second-order valence-electron chi connectivity index (χ2n) is 5.01. The Balaban J connectivity index is 2.43. The van der Waals surface area contributed by atoms with Gasteiger partial charge in [0.25, 0.3) is 0 Å². The van der Waals surface area contributed by atoms with Gasteiger partial charge in [-0.1, -0.05) is 35.4 Å².